The van der Waals surface area contributed by atoms with E-state index in [1.54, 1.807) is 28.4 Å². The van der Waals surface area contributed by atoms with Gasteiger partial charge >= 0.3 is 0 Å². The molecule has 5 heteroatoms. The van der Waals surface area contributed by atoms with Crippen LogP contribution >= 0.6 is 34.5 Å². The molecule has 0 saturated heterocycles. The van der Waals surface area contributed by atoms with E-state index in [1.165, 1.54) is 23.3 Å². The summed E-state index contributed by atoms with van der Waals surface area (Å²) in [6, 6.07) is 7.45. The third kappa shape index (κ3) is 3.32. The number of hydrogen-bond donors (Lipinski definition) is 0. The molecule has 0 saturated carbocycles. The summed E-state index contributed by atoms with van der Waals surface area (Å²) in [7, 11) is 1.81. The lowest BCUT2D eigenvalue weighted by Gasteiger charge is -2.17. The van der Waals surface area contributed by atoms with Crippen LogP contribution in [0.25, 0.3) is 0 Å². The molecule has 1 heterocycles. The van der Waals surface area contributed by atoms with Crippen molar-refractivity contribution in [3.63, 3.8) is 0 Å². The number of fused-ring (bicyclic) bond motifs is 1. The molecule has 0 bridgehead atoms. The van der Waals surface area contributed by atoms with Crippen LogP contribution in [0.1, 0.15) is 38.5 Å². The molecule has 0 radical (unpaired) electrons. The molecule has 1 aliphatic rings. The van der Waals surface area contributed by atoms with Gasteiger partial charge in [-0.05, 0) is 55.0 Å². The van der Waals surface area contributed by atoms with Gasteiger partial charge in [-0.25, -0.2) is 0 Å². The Bertz CT molecular complexity index is 687. The fourth-order valence-electron chi connectivity index (χ4n) is 2.76. The third-order valence-corrected chi connectivity index (χ3v) is 5.79. The molecule has 0 spiro atoms. The maximum absolute atomic E-state index is 12.6. The van der Waals surface area contributed by atoms with Gasteiger partial charge in [-0.2, -0.15) is 0 Å². The zero-order valence-corrected chi connectivity index (χ0v) is 14.7. The molecule has 0 N–H and O–H groups in total. The van der Waals surface area contributed by atoms with Crippen molar-refractivity contribution >= 4 is 40.4 Å². The molecule has 0 atom stereocenters. The minimum absolute atomic E-state index is 0.0606. The van der Waals surface area contributed by atoms with E-state index in [2.05, 4.69) is 6.07 Å². The molecular weight excluding hydrogens is 337 g/mol. The van der Waals surface area contributed by atoms with Gasteiger partial charge < -0.3 is 4.90 Å². The summed E-state index contributed by atoms with van der Waals surface area (Å²) in [5.74, 6) is 0.0606. The molecule has 116 valence electrons. The van der Waals surface area contributed by atoms with Crippen molar-refractivity contribution in [1.29, 1.82) is 0 Å². The van der Waals surface area contributed by atoms with Crippen LogP contribution in [0.4, 0.5) is 0 Å². The van der Waals surface area contributed by atoms with Gasteiger partial charge in [0.15, 0.2) is 0 Å². The molecule has 2 aromatic rings. The van der Waals surface area contributed by atoms with Gasteiger partial charge in [0, 0.05) is 28.5 Å². The van der Waals surface area contributed by atoms with Gasteiger partial charge in [0.2, 0.25) is 0 Å². The predicted molar refractivity (Wildman–Crippen MR) is 93.2 cm³/mol. The van der Waals surface area contributed by atoms with E-state index in [-0.39, 0.29) is 5.91 Å². The Morgan fingerprint density at radius 1 is 1.23 bits per heavy atom. The Kier molecular flexibility index (Phi) is 4.76. The Balaban J connectivity index is 1.75. The van der Waals surface area contributed by atoms with Crippen LogP contribution in [0.15, 0.2) is 24.3 Å². The lowest BCUT2D eigenvalue weighted by molar-refractivity contribution is 0.0790. The zero-order valence-electron chi connectivity index (χ0n) is 12.4. The molecule has 0 aliphatic heterocycles. The Hall–Kier alpha value is -1.03. The molecule has 1 amide bonds. The molecule has 1 aromatic heterocycles. The van der Waals surface area contributed by atoms with Gasteiger partial charge in [0.25, 0.3) is 5.91 Å². The van der Waals surface area contributed by atoms with E-state index in [0.29, 0.717) is 16.6 Å². The molecule has 3 rings (SSSR count). The van der Waals surface area contributed by atoms with Gasteiger partial charge in [-0.3, -0.25) is 4.79 Å². The lowest BCUT2D eigenvalue weighted by Crippen LogP contribution is -2.25. The number of hydrogen-bond acceptors (Lipinski definition) is 2. The predicted octanol–water partition coefficient (Wildman–Crippen LogP) is 5.21. The number of halogens is 2. The van der Waals surface area contributed by atoms with Crippen LogP contribution in [0, 0.1) is 0 Å². The highest BCUT2D eigenvalue weighted by molar-refractivity contribution is 7.14. The standard InChI is InChI=1S/C17H17Cl2NOS/c1-20(10-12-6-7-13(18)9-14(12)19)17(21)16-8-11-4-2-3-5-15(11)22-16/h6-9H,2-5,10H2,1H3. The Morgan fingerprint density at radius 3 is 2.73 bits per heavy atom. The number of amides is 1. The van der Waals surface area contributed by atoms with Crippen molar-refractivity contribution < 1.29 is 4.79 Å². The van der Waals surface area contributed by atoms with Crippen LogP contribution in [-0.2, 0) is 19.4 Å². The summed E-state index contributed by atoms with van der Waals surface area (Å²) in [5.41, 5.74) is 2.26. The Labute approximate surface area is 144 Å². The van der Waals surface area contributed by atoms with E-state index in [9.17, 15) is 4.79 Å². The summed E-state index contributed by atoms with van der Waals surface area (Å²) in [6.45, 7) is 0.484. The van der Waals surface area contributed by atoms with Crippen LogP contribution in [0.5, 0.6) is 0 Å². The van der Waals surface area contributed by atoms with E-state index in [0.717, 1.165) is 23.3 Å². The third-order valence-electron chi connectivity index (χ3n) is 3.98. The summed E-state index contributed by atoms with van der Waals surface area (Å²) >= 11 is 13.7. The van der Waals surface area contributed by atoms with E-state index in [4.69, 9.17) is 23.2 Å². The second-order valence-electron chi connectivity index (χ2n) is 5.66. The highest BCUT2D eigenvalue weighted by Gasteiger charge is 2.20. The summed E-state index contributed by atoms with van der Waals surface area (Å²) in [5, 5.41) is 1.20. The van der Waals surface area contributed by atoms with Crippen LogP contribution < -0.4 is 0 Å². The molecular formula is C17H17Cl2NOS. The van der Waals surface area contributed by atoms with Crippen molar-refractivity contribution in [1.82, 2.24) is 4.90 Å². The first-order chi connectivity index (χ1) is 10.5. The smallest absolute Gasteiger partial charge is 0.263 e. The molecule has 22 heavy (non-hydrogen) atoms. The first-order valence-corrected chi connectivity index (χ1v) is 8.93. The summed E-state index contributed by atoms with van der Waals surface area (Å²) in [6.07, 6.45) is 4.68. The number of carbonyl (C=O) groups excluding carboxylic acids is 1. The maximum atomic E-state index is 12.6. The van der Waals surface area contributed by atoms with Crippen molar-refractivity contribution in [2.45, 2.75) is 32.2 Å². The largest absolute Gasteiger partial charge is 0.337 e. The topological polar surface area (TPSA) is 20.3 Å². The van der Waals surface area contributed by atoms with Crippen molar-refractivity contribution in [2.24, 2.45) is 0 Å². The highest BCUT2D eigenvalue weighted by atomic mass is 35.5. The number of benzene rings is 1. The molecule has 0 fully saturated rings. The summed E-state index contributed by atoms with van der Waals surface area (Å²) < 4.78 is 0. The number of rotatable bonds is 3. The average molecular weight is 354 g/mol. The second kappa shape index (κ2) is 6.61. The first-order valence-electron chi connectivity index (χ1n) is 7.35. The fraction of sp³-hybridized carbons (Fsp3) is 0.353. The fourth-order valence-corrected chi connectivity index (χ4v) is 4.48. The van der Waals surface area contributed by atoms with Crippen molar-refractivity contribution in [3.05, 3.63) is 55.2 Å². The Morgan fingerprint density at radius 2 is 2.00 bits per heavy atom. The monoisotopic (exact) mass is 353 g/mol. The van der Waals surface area contributed by atoms with Crippen LogP contribution in [0.3, 0.4) is 0 Å². The molecule has 0 unspecified atom stereocenters. The first kappa shape index (κ1) is 15.9. The minimum Gasteiger partial charge on any atom is -0.337 e. The van der Waals surface area contributed by atoms with E-state index < -0.39 is 0 Å². The van der Waals surface area contributed by atoms with Crippen molar-refractivity contribution in [2.75, 3.05) is 7.05 Å². The minimum atomic E-state index is 0.0606. The highest BCUT2D eigenvalue weighted by Crippen LogP contribution is 2.30. The van der Waals surface area contributed by atoms with Gasteiger partial charge in [0.05, 0.1) is 4.88 Å². The van der Waals surface area contributed by atoms with Crippen LogP contribution in [-0.4, -0.2) is 17.9 Å². The number of carbonyl (C=O) groups is 1. The number of nitrogens with zero attached hydrogens (tertiary/aromatic N) is 1. The average Bonchev–Trinajstić information content (AvgIpc) is 2.93. The van der Waals surface area contributed by atoms with Crippen LogP contribution in [0.2, 0.25) is 10.0 Å². The van der Waals surface area contributed by atoms with E-state index in [1.807, 2.05) is 13.1 Å². The molecule has 1 aromatic carbocycles. The molecule has 2 nitrogen and oxygen atoms in total. The normalized spacial score (nSPS) is 13.8. The molecule has 1 aliphatic carbocycles. The number of aryl methyl sites for hydroxylation is 2. The van der Waals surface area contributed by atoms with Gasteiger partial charge in [0.1, 0.15) is 0 Å². The number of thiophene rings is 1. The van der Waals surface area contributed by atoms with Crippen molar-refractivity contribution in [3.8, 4) is 0 Å². The maximum Gasteiger partial charge on any atom is 0.263 e. The lowest BCUT2D eigenvalue weighted by atomic mass is 9.99. The SMILES string of the molecule is CN(Cc1ccc(Cl)cc1Cl)C(=O)c1cc2c(s1)CCCC2. The van der Waals surface area contributed by atoms with Gasteiger partial charge in [-0.15, -0.1) is 11.3 Å². The van der Waals surface area contributed by atoms with Gasteiger partial charge in [-0.1, -0.05) is 29.3 Å². The second-order valence-corrected chi connectivity index (χ2v) is 7.64. The summed E-state index contributed by atoms with van der Waals surface area (Å²) in [4.78, 5) is 16.5. The zero-order chi connectivity index (χ0) is 15.7. The quantitative estimate of drug-likeness (QED) is 0.741. The van der Waals surface area contributed by atoms with E-state index >= 15 is 0 Å².